The van der Waals surface area contributed by atoms with Gasteiger partial charge < -0.3 is 15.5 Å². The van der Waals surface area contributed by atoms with Crippen LogP contribution in [-0.4, -0.2) is 54.3 Å². The Morgan fingerprint density at radius 2 is 1.64 bits per heavy atom. The van der Waals surface area contributed by atoms with Crippen LogP contribution in [0.5, 0.6) is 0 Å². The standard InChI is InChI=1S/C21H29N3O2S.ClH/c1-16-17-8-5-6-9-18(17)27-20(16)21(26)24-14-12-23(13-15-24)19(25)10-4-2-3-7-11-22;/h5-6,8-9H,2-4,7,10-15,22H2,1H3;1H. The minimum atomic E-state index is 0. The second-order valence-corrected chi connectivity index (χ2v) is 8.23. The van der Waals surface area contributed by atoms with Crippen LogP contribution in [0.2, 0.25) is 0 Å². The minimum Gasteiger partial charge on any atom is -0.339 e. The van der Waals surface area contributed by atoms with Crippen molar-refractivity contribution in [1.82, 2.24) is 9.80 Å². The molecule has 5 nitrogen and oxygen atoms in total. The average molecular weight is 424 g/mol. The van der Waals surface area contributed by atoms with Gasteiger partial charge in [0.15, 0.2) is 0 Å². The zero-order valence-corrected chi connectivity index (χ0v) is 18.1. The van der Waals surface area contributed by atoms with Crippen molar-refractivity contribution in [2.24, 2.45) is 5.73 Å². The van der Waals surface area contributed by atoms with Crippen molar-refractivity contribution in [3.63, 3.8) is 0 Å². The molecule has 0 unspecified atom stereocenters. The van der Waals surface area contributed by atoms with Gasteiger partial charge in [-0.05, 0) is 43.3 Å². The summed E-state index contributed by atoms with van der Waals surface area (Å²) in [5, 5.41) is 1.16. The average Bonchev–Trinajstić information content (AvgIpc) is 3.04. The van der Waals surface area contributed by atoms with E-state index in [1.54, 1.807) is 11.3 Å². The molecular weight excluding hydrogens is 394 g/mol. The molecule has 0 spiro atoms. The number of piperazine rings is 1. The number of carbonyl (C=O) groups excluding carboxylic acids is 2. The summed E-state index contributed by atoms with van der Waals surface area (Å²) in [5.41, 5.74) is 6.56. The van der Waals surface area contributed by atoms with Crippen LogP contribution < -0.4 is 5.73 Å². The molecule has 0 aliphatic carbocycles. The Labute approximate surface area is 177 Å². The summed E-state index contributed by atoms with van der Waals surface area (Å²) in [7, 11) is 0. The Kier molecular flexibility index (Phi) is 8.73. The van der Waals surface area contributed by atoms with E-state index in [0.717, 1.165) is 52.8 Å². The summed E-state index contributed by atoms with van der Waals surface area (Å²) in [6.07, 6.45) is 4.73. The molecule has 2 heterocycles. The number of nitrogens with two attached hydrogens (primary N) is 1. The summed E-state index contributed by atoms with van der Waals surface area (Å²) in [6, 6.07) is 8.15. The van der Waals surface area contributed by atoms with Crippen molar-refractivity contribution in [1.29, 1.82) is 0 Å². The van der Waals surface area contributed by atoms with Crippen LogP contribution >= 0.6 is 23.7 Å². The zero-order valence-electron chi connectivity index (χ0n) is 16.5. The fourth-order valence-electron chi connectivity index (χ4n) is 3.61. The first-order chi connectivity index (χ1) is 13.1. The molecule has 154 valence electrons. The second kappa shape index (κ2) is 10.8. The van der Waals surface area contributed by atoms with Crippen molar-refractivity contribution < 1.29 is 9.59 Å². The van der Waals surface area contributed by atoms with Crippen molar-refractivity contribution in [2.75, 3.05) is 32.7 Å². The smallest absolute Gasteiger partial charge is 0.264 e. The Morgan fingerprint density at radius 1 is 1.00 bits per heavy atom. The molecule has 2 N–H and O–H groups in total. The quantitative estimate of drug-likeness (QED) is 0.688. The van der Waals surface area contributed by atoms with Gasteiger partial charge in [-0.2, -0.15) is 0 Å². The third-order valence-electron chi connectivity index (χ3n) is 5.30. The van der Waals surface area contributed by atoms with Gasteiger partial charge in [-0.15, -0.1) is 23.7 Å². The molecule has 0 saturated carbocycles. The van der Waals surface area contributed by atoms with Crippen molar-refractivity contribution in [3.05, 3.63) is 34.7 Å². The van der Waals surface area contributed by atoms with Crippen LogP contribution in [-0.2, 0) is 4.79 Å². The Morgan fingerprint density at radius 3 is 2.32 bits per heavy atom. The maximum Gasteiger partial charge on any atom is 0.264 e. The van der Waals surface area contributed by atoms with Crippen molar-refractivity contribution >= 4 is 45.6 Å². The van der Waals surface area contributed by atoms with Gasteiger partial charge >= 0.3 is 0 Å². The van der Waals surface area contributed by atoms with Crippen LogP contribution in [0.15, 0.2) is 24.3 Å². The number of aryl methyl sites for hydroxylation is 1. The number of carbonyl (C=O) groups is 2. The van der Waals surface area contributed by atoms with Gasteiger partial charge in [0, 0.05) is 37.3 Å². The number of rotatable bonds is 7. The Bertz CT molecular complexity index is 800. The number of thiophene rings is 1. The lowest BCUT2D eigenvalue weighted by atomic mass is 10.1. The molecule has 1 aliphatic heterocycles. The number of unbranched alkanes of at least 4 members (excludes halogenated alkanes) is 3. The number of benzene rings is 1. The molecular formula is C21H30ClN3O2S. The van der Waals surface area contributed by atoms with E-state index in [1.165, 1.54) is 0 Å². The molecule has 2 aromatic rings. The van der Waals surface area contributed by atoms with Gasteiger partial charge in [0.25, 0.3) is 5.91 Å². The number of hydrogen-bond donors (Lipinski definition) is 1. The third-order valence-corrected chi connectivity index (χ3v) is 6.56. The number of fused-ring (bicyclic) bond motifs is 1. The van der Waals surface area contributed by atoms with E-state index < -0.39 is 0 Å². The van der Waals surface area contributed by atoms with Gasteiger partial charge in [0.1, 0.15) is 0 Å². The van der Waals surface area contributed by atoms with Gasteiger partial charge in [-0.3, -0.25) is 9.59 Å². The Hall–Kier alpha value is -1.63. The highest BCUT2D eigenvalue weighted by molar-refractivity contribution is 7.21. The largest absolute Gasteiger partial charge is 0.339 e. The van der Waals surface area contributed by atoms with E-state index in [9.17, 15) is 9.59 Å². The molecule has 28 heavy (non-hydrogen) atoms. The SMILES string of the molecule is Cc1c(C(=O)N2CCN(C(=O)CCCCCCN)CC2)sc2ccccc12.Cl. The maximum atomic E-state index is 13.0. The highest BCUT2D eigenvalue weighted by Crippen LogP contribution is 2.31. The molecule has 0 atom stereocenters. The fourth-order valence-corrected chi connectivity index (χ4v) is 4.79. The van der Waals surface area contributed by atoms with Gasteiger partial charge in [-0.25, -0.2) is 0 Å². The lowest BCUT2D eigenvalue weighted by Crippen LogP contribution is -2.50. The zero-order chi connectivity index (χ0) is 19.2. The molecule has 0 bridgehead atoms. The molecule has 1 saturated heterocycles. The summed E-state index contributed by atoms with van der Waals surface area (Å²) in [6.45, 7) is 5.26. The van der Waals surface area contributed by atoms with E-state index in [2.05, 4.69) is 12.1 Å². The van der Waals surface area contributed by atoms with Crippen molar-refractivity contribution in [2.45, 2.75) is 39.0 Å². The van der Waals surface area contributed by atoms with E-state index in [1.807, 2.05) is 28.9 Å². The normalized spacial score (nSPS) is 14.2. The molecule has 1 aliphatic rings. The number of amides is 2. The van der Waals surface area contributed by atoms with E-state index >= 15 is 0 Å². The molecule has 1 aromatic carbocycles. The predicted octanol–water partition coefficient (Wildman–Crippen LogP) is 3.83. The van der Waals surface area contributed by atoms with Crippen LogP contribution in [0.3, 0.4) is 0 Å². The monoisotopic (exact) mass is 423 g/mol. The van der Waals surface area contributed by atoms with Crippen LogP contribution in [0.25, 0.3) is 10.1 Å². The second-order valence-electron chi connectivity index (χ2n) is 7.18. The summed E-state index contributed by atoms with van der Waals surface area (Å²) in [5.74, 6) is 0.315. The molecule has 0 radical (unpaired) electrons. The van der Waals surface area contributed by atoms with Crippen molar-refractivity contribution in [3.8, 4) is 0 Å². The number of nitrogens with zero attached hydrogens (tertiary/aromatic N) is 2. The van der Waals surface area contributed by atoms with Gasteiger partial charge in [0.05, 0.1) is 4.88 Å². The molecule has 1 aromatic heterocycles. The first-order valence-corrected chi connectivity index (χ1v) is 10.7. The van der Waals surface area contributed by atoms with E-state index in [0.29, 0.717) is 32.6 Å². The highest BCUT2D eigenvalue weighted by atomic mass is 35.5. The van der Waals surface area contributed by atoms with Crippen LogP contribution in [0.4, 0.5) is 0 Å². The molecule has 2 amide bonds. The Balaban J connectivity index is 0.00000280. The first-order valence-electron chi connectivity index (χ1n) is 9.87. The fraction of sp³-hybridized carbons (Fsp3) is 0.524. The lowest BCUT2D eigenvalue weighted by molar-refractivity contribution is -0.132. The number of halogens is 1. The summed E-state index contributed by atoms with van der Waals surface area (Å²) < 4.78 is 1.15. The first kappa shape index (κ1) is 22.7. The molecule has 3 rings (SSSR count). The highest BCUT2D eigenvalue weighted by Gasteiger charge is 2.26. The lowest BCUT2D eigenvalue weighted by Gasteiger charge is -2.34. The van der Waals surface area contributed by atoms with E-state index in [4.69, 9.17) is 5.73 Å². The van der Waals surface area contributed by atoms with Crippen LogP contribution in [0.1, 0.15) is 47.3 Å². The predicted molar refractivity (Wildman–Crippen MR) is 118 cm³/mol. The maximum absolute atomic E-state index is 13.0. The summed E-state index contributed by atoms with van der Waals surface area (Å²) >= 11 is 1.57. The third kappa shape index (κ3) is 5.25. The topological polar surface area (TPSA) is 66.6 Å². The molecule has 7 heteroatoms. The van der Waals surface area contributed by atoms with Gasteiger partial charge in [-0.1, -0.05) is 31.0 Å². The molecule has 1 fully saturated rings. The minimum absolute atomic E-state index is 0. The summed E-state index contributed by atoms with van der Waals surface area (Å²) in [4.78, 5) is 29.9. The van der Waals surface area contributed by atoms with Crippen LogP contribution in [0, 0.1) is 6.92 Å². The van der Waals surface area contributed by atoms with Gasteiger partial charge in [0.2, 0.25) is 5.91 Å². The number of hydrogen-bond acceptors (Lipinski definition) is 4. The van der Waals surface area contributed by atoms with E-state index in [-0.39, 0.29) is 24.2 Å².